The van der Waals surface area contributed by atoms with Gasteiger partial charge in [-0.3, -0.25) is 9.79 Å². The fourth-order valence-electron chi connectivity index (χ4n) is 3.47. The second-order valence-corrected chi connectivity index (χ2v) is 7.65. The molecule has 0 atom stereocenters. The van der Waals surface area contributed by atoms with Crippen LogP contribution in [0.1, 0.15) is 40.7 Å². The summed E-state index contributed by atoms with van der Waals surface area (Å²) in [6.45, 7) is 3.13. The van der Waals surface area contributed by atoms with E-state index in [1.165, 1.54) is 6.42 Å². The van der Waals surface area contributed by atoms with E-state index >= 15 is 0 Å². The van der Waals surface area contributed by atoms with E-state index in [-0.39, 0.29) is 29.9 Å². The molecular weight excluding hydrogens is 511 g/mol. The Morgan fingerprint density at radius 2 is 1.73 bits per heavy atom. The van der Waals surface area contributed by atoms with Crippen LogP contribution < -0.4 is 10.6 Å². The second-order valence-electron chi connectivity index (χ2n) is 7.24. The average Bonchev–Trinajstić information content (AvgIpc) is 2.78. The van der Waals surface area contributed by atoms with Crippen molar-refractivity contribution in [3.63, 3.8) is 0 Å². The number of hydrogen-bond acceptors (Lipinski definition) is 2. The Labute approximate surface area is 201 Å². The zero-order valence-electron chi connectivity index (χ0n) is 17.4. The standard InChI is InChI=1S/C23H29ClN4O.HI/c1-25-23(26-14-13-19-7-3-4-8-21(19)24)27-17-18-9-11-20(12-10-18)22(29)28-15-5-2-6-16-28;/h3-4,7-12H,2,5-6,13-17H2,1H3,(H2,25,26,27);1H. The van der Waals surface area contributed by atoms with Crippen LogP contribution in [0.3, 0.4) is 0 Å². The van der Waals surface area contributed by atoms with Crippen molar-refractivity contribution < 1.29 is 4.79 Å². The van der Waals surface area contributed by atoms with Crippen molar-refractivity contribution in [1.82, 2.24) is 15.5 Å². The summed E-state index contributed by atoms with van der Waals surface area (Å²) in [6, 6.07) is 15.7. The normalized spacial score (nSPS) is 14.1. The number of guanidine groups is 1. The molecule has 0 bridgehead atoms. The summed E-state index contributed by atoms with van der Waals surface area (Å²) in [5.41, 5.74) is 2.98. The van der Waals surface area contributed by atoms with Gasteiger partial charge in [0.15, 0.2) is 5.96 Å². The molecule has 1 saturated heterocycles. The molecule has 1 amide bonds. The lowest BCUT2D eigenvalue weighted by molar-refractivity contribution is 0.0724. The number of carbonyl (C=O) groups is 1. The summed E-state index contributed by atoms with van der Waals surface area (Å²) in [5, 5.41) is 7.41. The molecule has 0 spiro atoms. The van der Waals surface area contributed by atoms with Gasteiger partial charge in [-0.15, -0.1) is 24.0 Å². The van der Waals surface area contributed by atoms with Gasteiger partial charge in [0.05, 0.1) is 0 Å². The molecule has 0 radical (unpaired) electrons. The Balaban J connectivity index is 0.00000320. The van der Waals surface area contributed by atoms with Crippen LogP contribution in [-0.4, -0.2) is 43.4 Å². The number of piperidine rings is 1. The van der Waals surface area contributed by atoms with Crippen molar-refractivity contribution in [3.8, 4) is 0 Å². The molecule has 2 N–H and O–H groups in total. The Bertz CT molecular complexity index is 835. The summed E-state index contributed by atoms with van der Waals surface area (Å²) < 4.78 is 0. The predicted octanol–water partition coefficient (Wildman–Crippen LogP) is 4.49. The van der Waals surface area contributed by atoms with Gasteiger partial charge in [0.25, 0.3) is 5.91 Å². The molecule has 162 valence electrons. The lowest BCUT2D eigenvalue weighted by atomic mass is 10.1. The fourth-order valence-corrected chi connectivity index (χ4v) is 3.70. The number of likely N-dealkylation sites (tertiary alicyclic amines) is 1. The molecule has 7 heteroatoms. The minimum atomic E-state index is 0. The van der Waals surface area contributed by atoms with Gasteiger partial charge in [-0.2, -0.15) is 0 Å². The van der Waals surface area contributed by atoms with E-state index < -0.39 is 0 Å². The predicted molar refractivity (Wildman–Crippen MR) is 135 cm³/mol. The fraction of sp³-hybridized carbons (Fsp3) is 0.391. The van der Waals surface area contributed by atoms with Gasteiger partial charge < -0.3 is 15.5 Å². The molecule has 1 heterocycles. The Hall–Kier alpha value is -1.80. The highest BCUT2D eigenvalue weighted by atomic mass is 127. The molecule has 2 aromatic carbocycles. The summed E-state index contributed by atoms with van der Waals surface area (Å²) in [6.07, 6.45) is 4.27. The summed E-state index contributed by atoms with van der Waals surface area (Å²) in [5.74, 6) is 0.881. The number of rotatable bonds is 6. The van der Waals surface area contributed by atoms with Crippen molar-refractivity contribution in [2.45, 2.75) is 32.2 Å². The number of amides is 1. The highest BCUT2D eigenvalue weighted by Crippen LogP contribution is 2.15. The van der Waals surface area contributed by atoms with Crippen molar-refractivity contribution in [2.75, 3.05) is 26.7 Å². The maximum Gasteiger partial charge on any atom is 0.253 e. The van der Waals surface area contributed by atoms with Crippen molar-refractivity contribution >= 4 is 47.4 Å². The number of aliphatic imine (C=N–C) groups is 1. The van der Waals surface area contributed by atoms with Gasteiger partial charge in [0.1, 0.15) is 0 Å². The molecule has 3 rings (SSSR count). The van der Waals surface area contributed by atoms with E-state index in [0.717, 1.165) is 66.6 Å². The SMILES string of the molecule is CN=C(NCCc1ccccc1Cl)NCc1ccc(C(=O)N2CCCCC2)cc1.I. The minimum absolute atomic E-state index is 0. The van der Waals surface area contributed by atoms with Gasteiger partial charge in [-0.1, -0.05) is 41.9 Å². The van der Waals surface area contributed by atoms with Crippen molar-refractivity contribution in [1.29, 1.82) is 0 Å². The zero-order chi connectivity index (χ0) is 20.5. The van der Waals surface area contributed by atoms with Gasteiger partial charge in [-0.05, 0) is 55.0 Å². The molecule has 5 nitrogen and oxygen atoms in total. The highest BCUT2D eigenvalue weighted by molar-refractivity contribution is 14.0. The number of carbonyl (C=O) groups excluding carboxylic acids is 1. The number of nitrogens with zero attached hydrogens (tertiary/aromatic N) is 2. The van der Waals surface area contributed by atoms with Crippen LogP contribution >= 0.6 is 35.6 Å². The van der Waals surface area contributed by atoms with E-state index in [4.69, 9.17) is 11.6 Å². The van der Waals surface area contributed by atoms with E-state index in [2.05, 4.69) is 15.6 Å². The molecule has 0 aliphatic carbocycles. The summed E-state index contributed by atoms with van der Waals surface area (Å²) >= 11 is 6.20. The van der Waals surface area contributed by atoms with Crippen LogP contribution in [0.4, 0.5) is 0 Å². The third-order valence-corrected chi connectivity index (χ3v) is 5.54. The van der Waals surface area contributed by atoms with E-state index in [1.807, 2.05) is 53.4 Å². The van der Waals surface area contributed by atoms with Gasteiger partial charge in [0.2, 0.25) is 0 Å². The maximum absolute atomic E-state index is 12.6. The van der Waals surface area contributed by atoms with Crippen LogP contribution in [0.15, 0.2) is 53.5 Å². The van der Waals surface area contributed by atoms with Crippen LogP contribution in [0.5, 0.6) is 0 Å². The molecule has 1 fully saturated rings. The zero-order valence-corrected chi connectivity index (χ0v) is 20.5. The molecule has 1 aliphatic rings. The average molecular weight is 541 g/mol. The van der Waals surface area contributed by atoms with E-state index in [9.17, 15) is 4.79 Å². The first-order valence-corrected chi connectivity index (χ1v) is 10.6. The summed E-state index contributed by atoms with van der Waals surface area (Å²) in [4.78, 5) is 18.8. The minimum Gasteiger partial charge on any atom is -0.356 e. The maximum atomic E-state index is 12.6. The molecule has 30 heavy (non-hydrogen) atoms. The molecule has 2 aromatic rings. The van der Waals surface area contributed by atoms with Crippen molar-refractivity contribution in [3.05, 3.63) is 70.2 Å². The number of hydrogen-bond donors (Lipinski definition) is 2. The first-order valence-electron chi connectivity index (χ1n) is 10.2. The van der Waals surface area contributed by atoms with Gasteiger partial charge >= 0.3 is 0 Å². The Morgan fingerprint density at radius 1 is 1.03 bits per heavy atom. The topological polar surface area (TPSA) is 56.7 Å². The second kappa shape index (κ2) is 12.8. The Morgan fingerprint density at radius 3 is 2.40 bits per heavy atom. The van der Waals surface area contributed by atoms with Crippen LogP contribution in [0.2, 0.25) is 5.02 Å². The van der Waals surface area contributed by atoms with Crippen LogP contribution in [0, 0.1) is 0 Å². The van der Waals surface area contributed by atoms with Gasteiger partial charge in [-0.25, -0.2) is 0 Å². The smallest absolute Gasteiger partial charge is 0.253 e. The highest BCUT2D eigenvalue weighted by Gasteiger charge is 2.17. The first-order chi connectivity index (χ1) is 14.2. The third-order valence-electron chi connectivity index (χ3n) is 5.17. The third kappa shape index (κ3) is 7.16. The largest absolute Gasteiger partial charge is 0.356 e. The quantitative estimate of drug-likeness (QED) is 0.322. The lowest BCUT2D eigenvalue weighted by Crippen LogP contribution is -2.38. The molecule has 0 saturated carbocycles. The molecule has 0 unspecified atom stereocenters. The van der Waals surface area contributed by atoms with Crippen LogP contribution in [0.25, 0.3) is 0 Å². The molecule has 0 aromatic heterocycles. The number of halogens is 2. The molecular formula is C23H30ClIN4O. The first kappa shape index (κ1) is 24.5. The van der Waals surface area contributed by atoms with E-state index in [1.54, 1.807) is 7.05 Å². The summed E-state index contributed by atoms with van der Waals surface area (Å²) in [7, 11) is 1.76. The number of benzene rings is 2. The number of nitrogens with one attached hydrogen (secondary N) is 2. The van der Waals surface area contributed by atoms with Gasteiger partial charge in [0, 0.05) is 43.8 Å². The lowest BCUT2D eigenvalue weighted by Gasteiger charge is -2.26. The van der Waals surface area contributed by atoms with E-state index in [0.29, 0.717) is 6.54 Å². The monoisotopic (exact) mass is 540 g/mol. The molecule has 1 aliphatic heterocycles. The van der Waals surface area contributed by atoms with Crippen molar-refractivity contribution in [2.24, 2.45) is 4.99 Å². The Kier molecular flexibility index (Phi) is 10.4. The van der Waals surface area contributed by atoms with Crippen LogP contribution in [-0.2, 0) is 13.0 Å².